The summed E-state index contributed by atoms with van der Waals surface area (Å²) in [5.41, 5.74) is -1.46. The number of alkyl halides is 3. The normalized spacial score (nSPS) is 14.9. The smallest absolute Gasteiger partial charge is 0.481 e. The van der Waals surface area contributed by atoms with Crippen LogP contribution < -0.4 is 4.74 Å². The lowest BCUT2D eigenvalue weighted by Crippen LogP contribution is -2.25. The van der Waals surface area contributed by atoms with Crippen LogP contribution in [-0.2, 0) is 10.4 Å². The van der Waals surface area contributed by atoms with Crippen LogP contribution in [0.2, 0.25) is 0 Å². The second-order valence-corrected chi connectivity index (χ2v) is 3.92. The second-order valence-electron chi connectivity index (χ2n) is 3.92. The fourth-order valence-corrected chi connectivity index (χ4v) is 1.41. The van der Waals surface area contributed by atoms with E-state index in [2.05, 4.69) is 4.74 Å². The molecule has 0 spiro atoms. The highest BCUT2D eigenvalue weighted by atomic mass is 19.4. The van der Waals surface area contributed by atoms with Gasteiger partial charge < -0.3 is 14.9 Å². The molecule has 0 saturated heterocycles. The molecule has 4 nitrogen and oxygen atoms in total. The zero-order valence-electron chi connectivity index (χ0n) is 9.36. The molecule has 0 radical (unpaired) electrons. The first-order valence-electron chi connectivity index (χ1n) is 4.91. The Kier molecular flexibility index (Phi) is 3.85. The summed E-state index contributed by atoms with van der Waals surface area (Å²) >= 11 is 0. The molecule has 7 heteroatoms. The van der Waals surface area contributed by atoms with Crippen LogP contribution in [0.25, 0.3) is 0 Å². The highest BCUT2D eigenvalue weighted by Gasteiger charge is 2.31. The van der Waals surface area contributed by atoms with Crippen molar-refractivity contribution in [2.75, 3.05) is 0 Å². The predicted octanol–water partition coefficient (Wildman–Crippen LogP) is 2.27. The molecule has 1 aromatic carbocycles. The number of carbonyl (C=O) groups is 1. The van der Waals surface area contributed by atoms with E-state index in [9.17, 15) is 23.1 Å². The van der Waals surface area contributed by atoms with Gasteiger partial charge in [0.25, 0.3) is 0 Å². The number of halogens is 3. The van der Waals surface area contributed by atoms with Crippen molar-refractivity contribution in [1.29, 1.82) is 0 Å². The molecule has 1 unspecified atom stereocenters. The lowest BCUT2D eigenvalue weighted by molar-refractivity contribution is -0.274. The van der Waals surface area contributed by atoms with E-state index in [-0.39, 0.29) is 5.56 Å². The van der Waals surface area contributed by atoms with E-state index >= 15 is 0 Å². The number of hydrogen-bond donors (Lipinski definition) is 2. The number of rotatable bonds is 4. The number of benzene rings is 1. The Morgan fingerprint density at radius 2 is 1.78 bits per heavy atom. The lowest BCUT2D eigenvalue weighted by Gasteiger charge is -2.21. The highest BCUT2D eigenvalue weighted by Crippen LogP contribution is 2.28. The molecular weight excluding hydrogens is 253 g/mol. The molecule has 0 aliphatic rings. The third-order valence-corrected chi connectivity index (χ3v) is 2.21. The largest absolute Gasteiger partial charge is 0.573 e. The van der Waals surface area contributed by atoms with Gasteiger partial charge in [0, 0.05) is 0 Å². The fraction of sp³-hybridized carbons (Fsp3) is 0.364. The minimum absolute atomic E-state index is 0.194. The molecule has 100 valence electrons. The molecule has 2 N–H and O–H groups in total. The Labute approximate surface area is 101 Å². The lowest BCUT2D eigenvalue weighted by atomic mass is 9.93. The minimum Gasteiger partial charge on any atom is -0.481 e. The summed E-state index contributed by atoms with van der Waals surface area (Å²) < 4.78 is 39.3. The van der Waals surface area contributed by atoms with Crippen molar-refractivity contribution in [2.45, 2.75) is 25.3 Å². The van der Waals surface area contributed by atoms with Gasteiger partial charge in [0.2, 0.25) is 0 Å². The van der Waals surface area contributed by atoms with Crippen LogP contribution in [0.15, 0.2) is 24.3 Å². The highest BCUT2D eigenvalue weighted by molar-refractivity contribution is 5.68. The molecule has 1 aromatic rings. The maximum absolute atomic E-state index is 11.9. The van der Waals surface area contributed by atoms with Crippen molar-refractivity contribution in [1.82, 2.24) is 0 Å². The summed E-state index contributed by atoms with van der Waals surface area (Å²) in [5.74, 6) is -1.65. The van der Waals surface area contributed by atoms with Crippen LogP contribution in [0, 0.1) is 0 Å². The van der Waals surface area contributed by atoms with Gasteiger partial charge in [-0.25, -0.2) is 0 Å². The third-order valence-electron chi connectivity index (χ3n) is 2.21. The van der Waals surface area contributed by atoms with Gasteiger partial charge in [0.1, 0.15) is 5.75 Å². The minimum atomic E-state index is -4.79. The summed E-state index contributed by atoms with van der Waals surface area (Å²) in [6.07, 6.45) is -5.34. The van der Waals surface area contributed by atoms with E-state index in [0.717, 1.165) is 12.1 Å². The monoisotopic (exact) mass is 264 g/mol. The Balaban J connectivity index is 2.85. The van der Waals surface area contributed by atoms with E-state index in [0.29, 0.717) is 0 Å². The van der Waals surface area contributed by atoms with Crippen molar-refractivity contribution >= 4 is 5.97 Å². The summed E-state index contributed by atoms with van der Waals surface area (Å²) in [5, 5.41) is 18.4. The van der Waals surface area contributed by atoms with Gasteiger partial charge in [0.05, 0.1) is 12.0 Å². The Bertz CT molecular complexity index is 423. The molecule has 1 atom stereocenters. The van der Waals surface area contributed by atoms with E-state index < -0.39 is 30.1 Å². The zero-order chi connectivity index (χ0) is 14.0. The number of carboxylic acids is 1. The van der Waals surface area contributed by atoms with Crippen LogP contribution in [0.1, 0.15) is 18.9 Å². The van der Waals surface area contributed by atoms with Crippen LogP contribution in [0.3, 0.4) is 0 Å². The van der Waals surface area contributed by atoms with Gasteiger partial charge in [-0.2, -0.15) is 0 Å². The summed E-state index contributed by atoms with van der Waals surface area (Å²) in [4.78, 5) is 10.5. The van der Waals surface area contributed by atoms with Gasteiger partial charge >= 0.3 is 12.3 Å². The van der Waals surface area contributed by atoms with Gasteiger partial charge in [-0.15, -0.1) is 13.2 Å². The molecule has 0 saturated carbocycles. The van der Waals surface area contributed by atoms with Crippen molar-refractivity contribution in [3.05, 3.63) is 29.8 Å². The van der Waals surface area contributed by atoms with Gasteiger partial charge in [-0.3, -0.25) is 4.79 Å². The van der Waals surface area contributed by atoms with Crippen LogP contribution >= 0.6 is 0 Å². The molecule has 0 bridgehead atoms. The van der Waals surface area contributed by atoms with Crippen molar-refractivity contribution in [3.8, 4) is 5.75 Å². The first kappa shape index (κ1) is 14.3. The molecule has 18 heavy (non-hydrogen) atoms. The topological polar surface area (TPSA) is 66.8 Å². The van der Waals surface area contributed by atoms with Gasteiger partial charge in [-0.05, 0) is 24.6 Å². The Hall–Kier alpha value is -1.76. The molecule has 1 rings (SSSR count). The van der Waals surface area contributed by atoms with Crippen molar-refractivity contribution in [3.63, 3.8) is 0 Å². The predicted molar refractivity (Wildman–Crippen MR) is 54.9 cm³/mol. The molecule has 0 aliphatic heterocycles. The molecule has 0 amide bonds. The van der Waals surface area contributed by atoms with Crippen LogP contribution in [0.4, 0.5) is 13.2 Å². The van der Waals surface area contributed by atoms with Gasteiger partial charge in [0.15, 0.2) is 0 Å². The van der Waals surface area contributed by atoms with E-state index in [1.54, 1.807) is 0 Å². The number of carboxylic acid groups (broad SMARTS) is 1. The average molecular weight is 264 g/mol. The number of aliphatic carboxylic acids is 1. The summed E-state index contributed by atoms with van der Waals surface area (Å²) in [6.45, 7) is 1.26. The number of hydrogen-bond acceptors (Lipinski definition) is 3. The molecule has 0 aliphatic carbocycles. The average Bonchev–Trinajstić information content (AvgIpc) is 2.13. The maximum atomic E-state index is 11.9. The van der Waals surface area contributed by atoms with Crippen LogP contribution in [-0.4, -0.2) is 22.5 Å². The Morgan fingerprint density at radius 3 is 2.17 bits per heavy atom. The van der Waals surface area contributed by atoms with Crippen molar-refractivity contribution < 1.29 is 32.9 Å². The van der Waals surface area contributed by atoms with E-state index in [4.69, 9.17) is 5.11 Å². The maximum Gasteiger partial charge on any atom is 0.573 e. The number of ether oxygens (including phenoxy) is 1. The molecular formula is C11H11F3O4. The molecule has 0 fully saturated rings. The first-order valence-corrected chi connectivity index (χ1v) is 4.91. The molecule has 0 aromatic heterocycles. The summed E-state index contributed by atoms with van der Waals surface area (Å²) in [6, 6.07) is 4.40. The molecule has 0 heterocycles. The van der Waals surface area contributed by atoms with Crippen molar-refractivity contribution in [2.24, 2.45) is 0 Å². The van der Waals surface area contributed by atoms with E-state index in [1.165, 1.54) is 19.1 Å². The SMILES string of the molecule is CC(O)(CC(=O)O)c1ccc(OC(F)(F)F)cc1. The standard InChI is InChI=1S/C11H11F3O4/c1-10(17,6-9(15)16)7-2-4-8(5-3-7)18-11(12,13)14/h2-5,17H,6H2,1H3,(H,15,16). The first-order chi connectivity index (χ1) is 8.10. The zero-order valence-corrected chi connectivity index (χ0v) is 9.36. The Morgan fingerprint density at radius 1 is 1.28 bits per heavy atom. The fourth-order valence-electron chi connectivity index (χ4n) is 1.41. The van der Waals surface area contributed by atoms with Gasteiger partial charge in [-0.1, -0.05) is 12.1 Å². The van der Waals surface area contributed by atoms with E-state index in [1.807, 2.05) is 0 Å². The van der Waals surface area contributed by atoms with Crippen LogP contribution in [0.5, 0.6) is 5.75 Å². The summed E-state index contributed by atoms with van der Waals surface area (Å²) in [7, 11) is 0. The number of aliphatic hydroxyl groups is 1. The second kappa shape index (κ2) is 4.85. The quantitative estimate of drug-likeness (QED) is 0.875. The third kappa shape index (κ3) is 4.25.